The maximum absolute atomic E-state index is 10.9. The second-order valence-electron chi connectivity index (χ2n) is 3.93. The molecule has 0 saturated carbocycles. The first-order valence-corrected chi connectivity index (χ1v) is 6.05. The van der Waals surface area contributed by atoms with Crippen LogP contribution in [0.25, 0.3) is 0 Å². The molecule has 5 nitrogen and oxygen atoms in total. The van der Waals surface area contributed by atoms with E-state index in [0.29, 0.717) is 30.2 Å². The number of rotatable bonds is 8. The van der Waals surface area contributed by atoms with Crippen molar-refractivity contribution in [3.05, 3.63) is 23.8 Å². The van der Waals surface area contributed by atoms with E-state index in [-0.39, 0.29) is 0 Å². The maximum Gasteiger partial charge on any atom is 0.248 e. The molecule has 100 valence electrons. The number of hydrogen-bond donors (Lipinski definition) is 2. The van der Waals surface area contributed by atoms with Crippen LogP contribution in [0.1, 0.15) is 30.1 Å². The van der Waals surface area contributed by atoms with E-state index in [1.165, 1.54) is 6.07 Å². The standard InChI is InChI=1S/C13H20N2O3/c1-2-3-6-17-7-8-18-12-5-4-10(13(15)16)9-11(12)14/h4-5,9H,2-3,6-8,14H2,1H3,(H2,15,16). The molecule has 0 atom stereocenters. The van der Waals surface area contributed by atoms with Gasteiger partial charge in [-0.05, 0) is 24.6 Å². The number of carbonyl (C=O) groups excluding carboxylic acids is 1. The number of benzene rings is 1. The molecule has 0 aliphatic heterocycles. The van der Waals surface area contributed by atoms with Crippen molar-refractivity contribution >= 4 is 11.6 Å². The minimum atomic E-state index is -0.504. The van der Waals surface area contributed by atoms with Crippen molar-refractivity contribution in [2.24, 2.45) is 5.73 Å². The molecule has 4 N–H and O–H groups in total. The summed E-state index contributed by atoms with van der Waals surface area (Å²) in [5, 5.41) is 0. The molecule has 0 spiro atoms. The molecule has 0 aliphatic rings. The van der Waals surface area contributed by atoms with Gasteiger partial charge in [-0.1, -0.05) is 13.3 Å². The summed E-state index contributed by atoms with van der Waals surface area (Å²) in [6, 6.07) is 4.74. The first-order valence-electron chi connectivity index (χ1n) is 6.05. The Labute approximate surface area is 107 Å². The Balaban J connectivity index is 2.36. The zero-order valence-electron chi connectivity index (χ0n) is 10.6. The molecule has 0 bridgehead atoms. The third-order valence-electron chi connectivity index (χ3n) is 2.42. The van der Waals surface area contributed by atoms with Crippen molar-refractivity contribution in [1.82, 2.24) is 0 Å². The van der Waals surface area contributed by atoms with Gasteiger partial charge in [-0.25, -0.2) is 0 Å². The van der Waals surface area contributed by atoms with Crippen molar-refractivity contribution in [2.45, 2.75) is 19.8 Å². The van der Waals surface area contributed by atoms with Crippen LogP contribution in [0.3, 0.4) is 0 Å². The predicted molar refractivity (Wildman–Crippen MR) is 70.6 cm³/mol. The molecule has 1 aromatic carbocycles. The smallest absolute Gasteiger partial charge is 0.248 e. The molecule has 1 aromatic rings. The Kier molecular flexibility index (Phi) is 6.00. The molecular formula is C13H20N2O3. The van der Waals surface area contributed by atoms with Crippen LogP contribution in [-0.4, -0.2) is 25.7 Å². The summed E-state index contributed by atoms with van der Waals surface area (Å²) in [4.78, 5) is 10.9. The van der Waals surface area contributed by atoms with Crippen LogP contribution < -0.4 is 16.2 Å². The second-order valence-corrected chi connectivity index (χ2v) is 3.93. The van der Waals surface area contributed by atoms with E-state index in [4.69, 9.17) is 20.9 Å². The lowest BCUT2D eigenvalue weighted by atomic mass is 10.2. The highest BCUT2D eigenvalue weighted by Crippen LogP contribution is 2.22. The van der Waals surface area contributed by atoms with Crippen LogP contribution in [0.4, 0.5) is 5.69 Å². The van der Waals surface area contributed by atoms with E-state index in [2.05, 4.69) is 6.92 Å². The summed E-state index contributed by atoms with van der Waals surface area (Å²) in [6.45, 7) is 3.82. The van der Waals surface area contributed by atoms with E-state index in [0.717, 1.165) is 19.4 Å². The molecular weight excluding hydrogens is 232 g/mol. The Morgan fingerprint density at radius 2 is 2.06 bits per heavy atom. The summed E-state index contributed by atoms with van der Waals surface area (Å²) in [6.07, 6.45) is 2.16. The van der Waals surface area contributed by atoms with Crippen molar-refractivity contribution in [1.29, 1.82) is 0 Å². The van der Waals surface area contributed by atoms with Gasteiger partial charge in [0.05, 0.1) is 12.3 Å². The number of nitrogen functional groups attached to an aromatic ring is 1. The number of nitrogens with two attached hydrogens (primary N) is 2. The number of carbonyl (C=O) groups is 1. The van der Waals surface area contributed by atoms with Crippen molar-refractivity contribution in [2.75, 3.05) is 25.6 Å². The van der Waals surface area contributed by atoms with Gasteiger partial charge in [-0.15, -0.1) is 0 Å². The van der Waals surface area contributed by atoms with Gasteiger partial charge in [0, 0.05) is 12.2 Å². The molecule has 18 heavy (non-hydrogen) atoms. The van der Waals surface area contributed by atoms with Crippen LogP contribution in [-0.2, 0) is 4.74 Å². The Morgan fingerprint density at radius 1 is 1.28 bits per heavy atom. The normalized spacial score (nSPS) is 10.3. The number of anilines is 1. The highest BCUT2D eigenvalue weighted by atomic mass is 16.5. The van der Waals surface area contributed by atoms with E-state index in [1.54, 1.807) is 12.1 Å². The molecule has 1 rings (SSSR count). The lowest BCUT2D eigenvalue weighted by molar-refractivity contribution is 0.0980. The SMILES string of the molecule is CCCCOCCOc1ccc(C(N)=O)cc1N. The van der Waals surface area contributed by atoms with E-state index < -0.39 is 5.91 Å². The van der Waals surface area contributed by atoms with Crippen LogP contribution >= 0.6 is 0 Å². The van der Waals surface area contributed by atoms with Crippen molar-refractivity contribution in [3.8, 4) is 5.75 Å². The molecule has 0 radical (unpaired) electrons. The quantitative estimate of drug-likeness (QED) is 0.543. The summed E-state index contributed by atoms with van der Waals surface area (Å²) < 4.78 is 10.8. The fourth-order valence-corrected chi connectivity index (χ4v) is 1.39. The number of amides is 1. The summed E-state index contributed by atoms with van der Waals surface area (Å²) in [7, 11) is 0. The van der Waals surface area contributed by atoms with Gasteiger partial charge in [0.1, 0.15) is 12.4 Å². The fourth-order valence-electron chi connectivity index (χ4n) is 1.39. The van der Waals surface area contributed by atoms with E-state index in [1.807, 2.05) is 0 Å². The van der Waals surface area contributed by atoms with Gasteiger partial charge in [-0.2, -0.15) is 0 Å². The topological polar surface area (TPSA) is 87.6 Å². The van der Waals surface area contributed by atoms with Crippen molar-refractivity contribution in [3.63, 3.8) is 0 Å². The van der Waals surface area contributed by atoms with E-state index >= 15 is 0 Å². The van der Waals surface area contributed by atoms with Crippen LogP contribution in [0, 0.1) is 0 Å². The molecule has 0 heterocycles. The van der Waals surface area contributed by atoms with E-state index in [9.17, 15) is 4.79 Å². The Bertz CT molecular complexity index is 394. The molecule has 0 saturated heterocycles. The third-order valence-corrected chi connectivity index (χ3v) is 2.42. The number of hydrogen-bond acceptors (Lipinski definition) is 4. The van der Waals surface area contributed by atoms with Gasteiger partial charge in [0.15, 0.2) is 0 Å². The molecule has 1 amide bonds. The van der Waals surface area contributed by atoms with Crippen molar-refractivity contribution < 1.29 is 14.3 Å². The second kappa shape index (κ2) is 7.55. The van der Waals surface area contributed by atoms with Gasteiger partial charge >= 0.3 is 0 Å². The summed E-state index contributed by atoms with van der Waals surface area (Å²) in [5.74, 6) is 0.0373. The lowest BCUT2D eigenvalue weighted by Gasteiger charge is -2.09. The molecule has 0 fully saturated rings. The van der Waals surface area contributed by atoms with Gasteiger partial charge in [-0.3, -0.25) is 4.79 Å². The first kappa shape index (κ1) is 14.3. The minimum absolute atomic E-state index is 0.374. The van der Waals surface area contributed by atoms with Crippen LogP contribution in [0.5, 0.6) is 5.75 Å². The van der Waals surface area contributed by atoms with Crippen LogP contribution in [0.2, 0.25) is 0 Å². The zero-order chi connectivity index (χ0) is 13.4. The largest absolute Gasteiger partial charge is 0.489 e. The lowest BCUT2D eigenvalue weighted by Crippen LogP contribution is -2.12. The average Bonchev–Trinajstić information content (AvgIpc) is 2.35. The number of primary amides is 1. The molecule has 0 unspecified atom stereocenters. The zero-order valence-corrected chi connectivity index (χ0v) is 10.6. The highest BCUT2D eigenvalue weighted by Gasteiger charge is 2.05. The van der Waals surface area contributed by atoms with Gasteiger partial charge in [0.2, 0.25) is 5.91 Å². The maximum atomic E-state index is 10.9. The summed E-state index contributed by atoms with van der Waals surface area (Å²) >= 11 is 0. The van der Waals surface area contributed by atoms with Crippen LogP contribution in [0.15, 0.2) is 18.2 Å². The minimum Gasteiger partial charge on any atom is -0.489 e. The number of ether oxygens (including phenoxy) is 2. The Hall–Kier alpha value is -1.75. The number of unbranched alkanes of at least 4 members (excludes halogenated alkanes) is 1. The summed E-state index contributed by atoms with van der Waals surface area (Å²) in [5.41, 5.74) is 11.7. The first-order chi connectivity index (χ1) is 8.65. The molecule has 0 aromatic heterocycles. The highest BCUT2D eigenvalue weighted by molar-refractivity contribution is 5.94. The molecule has 5 heteroatoms. The van der Waals surface area contributed by atoms with Gasteiger partial charge in [0.25, 0.3) is 0 Å². The monoisotopic (exact) mass is 252 g/mol. The predicted octanol–water partition coefficient (Wildman–Crippen LogP) is 1.56. The average molecular weight is 252 g/mol. The fraction of sp³-hybridized carbons (Fsp3) is 0.462. The van der Waals surface area contributed by atoms with Gasteiger partial charge < -0.3 is 20.9 Å². The Morgan fingerprint density at radius 3 is 2.67 bits per heavy atom. The third kappa shape index (κ3) is 4.63. The molecule has 0 aliphatic carbocycles.